The molecule has 35 heavy (non-hydrogen) atoms. The summed E-state index contributed by atoms with van der Waals surface area (Å²) in [5.41, 5.74) is 4.32. The van der Waals surface area contributed by atoms with Gasteiger partial charge < -0.3 is 19.6 Å². The van der Waals surface area contributed by atoms with Crippen LogP contribution in [0.1, 0.15) is 24.0 Å². The van der Waals surface area contributed by atoms with Gasteiger partial charge in [0.05, 0.1) is 0 Å². The number of benzene rings is 3. The molecular weight excluding hydrogens is 440 g/mol. The third-order valence-corrected chi connectivity index (χ3v) is 6.62. The molecule has 3 aromatic rings. The van der Waals surface area contributed by atoms with Gasteiger partial charge in [0, 0.05) is 25.0 Å². The number of carbonyl (C=O) groups excluding carboxylic acids is 1. The second-order valence-electron chi connectivity index (χ2n) is 9.05. The van der Waals surface area contributed by atoms with Crippen LogP contribution in [-0.4, -0.2) is 48.6 Å². The minimum absolute atomic E-state index is 0.0817. The Labute approximate surface area is 206 Å². The number of para-hydroxylation sites is 2. The largest absolute Gasteiger partial charge is 0.482 e. The molecule has 182 valence electrons. The standard InChI is InChI=1S/C29H32N2O4/c1-30(28(32)20-31(24-10-4-2-5-11-24)25-12-6-3-7-13-25)18-17-22-15-16-26-23(19-22)9-8-14-27(26)35-21-29(33)34/h2-14,22H,15-21H2,1H3,(H,33,34). The highest BCUT2D eigenvalue weighted by atomic mass is 16.5. The van der Waals surface area contributed by atoms with Crippen LogP contribution in [0.5, 0.6) is 5.75 Å². The molecule has 1 N–H and O–H groups in total. The summed E-state index contributed by atoms with van der Waals surface area (Å²) in [7, 11) is 1.88. The Balaban J connectivity index is 1.35. The molecule has 0 radical (unpaired) electrons. The smallest absolute Gasteiger partial charge is 0.341 e. The first-order chi connectivity index (χ1) is 17.0. The van der Waals surface area contributed by atoms with Crippen molar-refractivity contribution in [2.45, 2.75) is 25.7 Å². The molecule has 0 aliphatic heterocycles. The van der Waals surface area contributed by atoms with Crippen LogP contribution in [0.2, 0.25) is 0 Å². The fraction of sp³-hybridized carbons (Fsp3) is 0.310. The average molecular weight is 473 g/mol. The van der Waals surface area contributed by atoms with Crippen molar-refractivity contribution in [1.82, 2.24) is 4.90 Å². The van der Waals surface area contributed by atoms with E-state index in [9.17, 15) is 9.59 Å². The van der Waals surface area contributed by atoms with E-state index in [4.69, 9.17) is 9.84 Å². The van der Waals surface area contributed by atoms with Crippen molar-refractivity contribution in [2.75, 3.05) is 31.6 Å². The van der Waals surface area contributed by atoms with E-state index in [0.29, 0.717) is 18.2 Å². The summed E-state index contributed by atoms with van der Waals surface area (Å²) in [6.07, 6.45) is 3.71. The molecule has 4 rings (SSSR count). The zero-order valence-corrected chi connectivity index (χ0v) is 20.1. The van der Waals surface area contributed by atoms with E-state index in [1.165, 1.54) is 5.56 Å². The van der Waals surface area contributed by atoms with Crippen LogP contribution >= 0.6 is 0 Å². The Morgan fingerprint density at radius 2 is 1.60 bits per heavy atom. The molecule has 6 nitrogen and oxygen atoms in total. The summed E-state index contributed by atoms with van der Waals surface area (Å²) < 4.78 is 5.48. The summed E-state index contributed by atoms with van der Waals surface area (Å²) in [5, 5.41) is 8.91. The average Bonchev–Trinajstić information content (AvgIpc) is 2.89. The monoisotopic (exact) mass is 472 g/mol. The summed E-state index contributed by atoms with van der Waals surface area (Å²) in [5.74, 6) is 0.268. The number of rotatable bonds is 10. The summed E-state index contributed by atoms with van der Waals surface area (Å²) in [6.45, 7) is 0.656. The van der Waals surface area contributed by atoms with Crippen LogP contribution in [0.15, 0.2) is 78.9 Å². The van der Waals surface area contributed by atoms with Crippen LogP contribution in [0, 0.1) is 5.92 Å². The molecule has 0 heterocycles. The predicted molar refractivity (Wildman–Crippen MR) is 137 cm³/mol. The fourth-order valence-corrected chi connectivity index (χ4v) is 4.67. The molecule has 0 bridgehead atoms. The van der Waals surface area contributed by atoms with Gasteiger partial charge in [0.15, 0.2) is 6.61 Å². The van der Waals surface area contributed by atoms with Crippen LogP contribution in [0.3, 0.4) is 0 Å². The van der Waals surface area contributed by atoms with Crippen molar-refractivity contribution in [1.29, 1.82) is 0 Å². The maximum atomic E-state index is 13.2. The minimum Gasteiger partial charge on any atom is -0.482 e. The van der Waals surface area contributed by atoms with Crippen LogP contribution < -0.4 is 9.64 Å². The van der Waals surface area contributed by atoms with Crippen molar-refractivity contribution in [3.05, 3.63) is 90.0 Å². The zero-order valence-electron chi connectivity index (χ0n) is 20.1. The molecule has 0 aromatic heterocycles. The Kier molecular flexibility index (Phi) is 8.03. The molecule has 6 heteroatoms. The molecule has 0 saturated heterocycles. The van der Waals surface area contributed by atoms with E-state index in [0.717, 1.165) is 42.6 Å². The molecule has 1 aliphatic carbocycles. The normalized spacial score (nSPS) is 14.6. The lowest BCUT2D eigenvalue weighted by molar-refractivity contribution is -0.139. The van der Waals surface area contributed by atoms with Crippen LogP contribution in [-0.2, 0) is 22.4 Å². The third kappa shape index (κ3) is 6.41. The van der Waals surface area contributed by atoms with Crippen molar-refractivity contribution < 1.29 is 19.4 Å². The molecule has 0 saturated carbocycles. The lowest BCUT2D eigenvalue weighted by atomic mass is 9.82. The van der Waals surface area contributed by atoms with Crippen molar-refractivity contribution in [3.8, 4) is 5.75 Å². The number of hydrogen-bond acceptors (Lipinski definition) is 4. The minimum atomic E-state index is -0.970. The Morgan fingerprint density at radius 3 is 2.23 bits per heavy atom. The zero-order chi connectivity index (χ0) is 24.6. The SMILES string of the molecule is CN(CCC1CCc2c(cccc2OCC(=O)O)C1)C(=O)CN(c1ccccc1)c1ccccc1. The van der Waals surface area contributed by atoms with Gasteiger partial charge in [0.2, 0.25) is 5.91 Å². The van der Waals surface area contributed by atoms with Gasteiger partial charge in [-0.3, -0.25) is 4.79 Å². The van der Waals surface area contributed by atoms with E-state index in [-0.39, 0.29) is 19.1 Å². The van der Waals surface area contributed by atoms with Crippen LogP contribution in [0.25, 0.3) is 0 Å². The number of likely N-dealkylation sites (N-methyl/N-ethyl adjacent to an activating group) is 1. The highest BCUT2D eigenvalue weighted by Crippen LogP contribution is 2.33. The number of carbonyl (C=O) groups is 2. The van der Waals surface area contributed by atoms with E-state index >= 15 is 0 Å². The molecule has 1 amide bonds. The molecule has 3 aromatic carbocycles. The molecular formula is C29H32N2O4. The van der Waals surface area contributed by atoms with Crippen molar-refractivity contribution in [3.63, 3.8) is 0 Å². The molecule has 1 atom stereocenters. The number of carboxylic acid groups (broad SMARTS) is 1. The van der Waals surface area contributed by atoms with E-state index in [2.05, 4.69) is 6.07 Å². The number of ether oxygens (including phenoxy) is 1. The highest BCUT2D eigenvalue weighted by Gasteiger charge is 2.23. The number of amides is 1. The first kappa shape index (κ1) is 24.3. The van der Waals surface area contributed by atoms with Crippen molar-refractivity contribution >= 4 is 23.3 Å². The van der Waals surface area contributed by atoms with Gasteiger partial charge >= 0.3 is 5.97 Å². The van der Waals surface area contributed by atoms with Gasteiger partial charge in [-0.05, 0) is 73.1 Å². The van der Waals surface area contributed by atoms with E-state index < -0.39 is 5.97 Å². The van der Waals surface area contributed by atoms with Gasteiger partial charge in [0.25, 0.3) is 0 Å². The second kappa shape index (κ2) is 11.6. The van der Waals surface area contributed by atoms with Crippen molar-refractivity contribution in [2.24, 2.45) is 5.92 Å². The number of nitrogens with zero attached hydrogens (tertiary/aromatic N) is 2. The number of fused-ring (bicyclic) bond motifs is 1. The van der Waals surface area contributed by atoms with E-state index in [1.807, 2.05) is 89.6 Å². The van der Waals surface area contributed by atoms with Crippen LogP contribution in [0.4, 0.5) is 11.4 Å². The molecule has 1 unspecified atom stereocenters. The first-order valence-corrected chi connectivity index (χ1v) is 12.1. The van der Waals surface area contributed by atoms with Gasteiger partial charge in [0.1, 0.15) is 12.3 Å². The molecule has 0 spiro atoms. The quantitative estimate of drug-likeness (QED) is 0.453. The summed E-state index contributed by atoms with van der Waals surface area (Å²) in [6, 6.07) is 25.9. The highest BCUT2D eigenvalue weighted by molar-refractivity contribution is 5.84. The van der Waals surface area contributed by atoms with Gasteiger partial charge in [-0.1, -0.05) is 48.5 Å². The Bertz CT molecular complexity index is 1090. The lowest BCUT2D eigenvalue weighted by Crippen LogP contribution is -2.37. The maximum Gasteiger partial charge on any atom is 0.341 e. The Morgan fingerprint density at radius 1 is 0.943 bits per heavy atom. The number of anilines is 2. The number of aliphatic carboxylic acids is 1. The third-order valence-electron chi connectivity index (χ3n) is 6.62. The maximum absolute atomic E-state index is 13.2. The second-order valence-corrected chi connectivity index (χ2v) is 9.05. The molecule has 0 fully saturated rings. The van der Waals surface area contributed by atoms with Gasteiger partial charge in [-0.2, -0.15) is 0 Å². The van der Waals surface area contributed by atoms with Gasteiger partial charge in [-0.25, -0.2) is 4.79 Å². The number of hydrogen-bond donors (Lipinski definition) is 1. The summed E-state index contributed by atoms with van der Waals surface area (Å²) >= 11 is 0. The fourth-order valence-electron chi connectivity index (χ4n) is 4.67. The lowest BCUT2D eigenvalue weighted by Gasteiger charge is -2.29. The molecule has 1 aliphatic rings. The number of carboxylic acids is 1. The topological polar surface area (TPSA) is 70.1 Å². The first-order valence-electron chi connectivity index (χ1n) is 12.1. The van der Waals surface area contributed by atoms with Gasteiger partial charge in [-0.15, -0.1) is 0 Å². The van der Waals surface area contributed by atoms with E-state index in [1.54, 1.807) is 0 Å². The Hall–Kier alpha value is -3.80. The predicted octanol–water partition coefficient (Wildman–Crippen LogP) is 4.94. The summed E-state index contributed by atoms with van der Waals surface area (Å²) in [4.78, 5) is 27.9.